The van der Waals surface area contributed by atoms with Gasteiger partial charge in [0.1, 0.15) is 5.75 Å². The summed E-state index contributed by atoms with van der Waals surface area (Å²) in [6.45, 7) is 0. The number of anilines is 1. The number of rotatable bonds is 3. The molecule has 6 heteroatoms. The Morgan fingerprint density at radius 1 is 1.24 bits per heavy atom. The van der Waals surface area contributed by atoms with Gasteiger partial charge in [0.2, 0.25) is 0 Å². The highest BCUT2D eigenvalue weighted by atomic mass is 35.5. The zero-order chi connectivity index (χ0) is 17.8. The summed E-state index contributed by atoms with van der Waals surface area (Å²) in [7, 11) is 0. The first-order chi connectivity index (χ1) is 12.1. The van der Waals surface area contributed by atoms with Gasteiger partial charge in [-0.1, -0.05) is 11.6 Å². The molecule has 3 rings (SSSR count). The van der Waals surface area contributed by atoms with Crippen molar-refractivity contribution in [3.63, 3.8) is 0 Å². The molecule has 0 aliphatic heterocycles. The summed E-state index contributed by atoms with van der Waals surface area (Å²) in [5, 5.41) is 22.0. The first kappa shape index (κ1) is 16.5. The number of nitrogens with one attached hydrogen (secondary N) is 1. The van der Waals surface area contributed by atoms with E-state index in [0.29, 0.717) is 33.1 Å². The van der Waals surface area contributed by atoms with Crippen LogP contribution in [0, 0.1) is 17.4 Å². The number of nitriles is 1. The van der Waals surface area contributed by atoms with Gasteiger partial charge < -0.3 is 10.4 Å². The molecular formula is C19H11ClN3O2. The number of phenols is 1. The van der Waals surface area contributed by atoms with Crippen LogP contribution in [0.4, 0.5) is 5.69 Å². The molecule has 1 heterocycles. The first-order valence-electron chi connectivity index (χ1n) is 7.25. The molecule has 0 atom stereocenters. The standard InChI is InChI=1S/C19H11ClN3O2/c20-14-5-7-17(22-11-14)16-9-15(6-8-18(16)24)23-19(25)13-3-1-12(10-21)2-4-13/h1-5,7-9,11,24H,(H,23,25). The minimum Gasteiger partial charge on any atom is -0.507 e. The molecule has 0 fully saturated rings. The lowest BCUT2D eigenvalue weighted by Crippen LogP contribution is -2.11. The van der Waals surface area contributed by atoms with Gasteiger partial charge in [0.05, 0.1) is 22.3 Å². The third-order valence-corrected chi connectivity index (χ3v) is 3.68. The first-order valence-corrected chi connectivity index (χ1v) is 7.63. The summed E-state index contributed by atoms with van der Waals surface area (Å²) in [4.78, 5) is 16.4. The van der Waals surface area contributed by atoms with Crippen molar-refractivity contribution < 1.29 is 9.90 Å². The van der Waals surface area contributed by atoms with Crippen molar-refractivity contribution in [1.29, 1.82) is 5.26 Å². The number of phenolic OH excluding ortho intramolecular Hbond substituents is 1. The second-order valence-electron chi connectivity index (χ2n) is 5.15. The molecule has 0 aliphatic carbocycles. The smallest absolute Gasteiger partial charge is 0.255 e. The van der Waals surface area contributed by atoms with Crippen molar-refractivity contribution >= 4 is 23.2 Å². The van der Waals surface area contributed by atoms with E-state index in [1.807, 2.05) is 6.07 Å². The minimum absolute atomic E-state index is 0.00815. The molecule has 1 radical (unpaired) electrons. The normalized spacial score (nSPS) is 10.1. The monoisotopic (exact) mass is 348 g/mol. The maximum Gasteiger partial charge on any atom is 0.255 e. The van der Waals surface area contributed by atoms with Crippen LogP contribution in [0.3, 0.4) is 0 Å². The molecule has 2 N–H and O–H groups in total. The van der Waals surface area contributed by atoms with E-state index < -0.39 is 0 Å². The Kier molecular flexibility index (Phi) is 4.64. The number of amides is 1. The predicted molar refractivity (Wildman–Crippen MR) is 94.3 cm³/mol. The Hall–Kier alpha value is -3.36. The van der Waals surface area contributed by atoms with Crippen molar-refractivity contribution in [1.82, 2.24) is 4.98 Å². The molecule has 0 spiro atoms. The summed E-state index contributed by atoms with van der Waals surface area (Å²) < 4.78 is 0. The largest absolute Gasteiger partial charge is 0.507 e. The lowest BCUT2D eigenvalue weighted by atomic mass is 10.1. The number of halogens is 1. The SMILES string of the molecule is N#Cc1ccc(C(=O)Nc2[c]cc(O)c(-c3ccc(Cl)cn3)c2)cc1. The fourth-order valence-electron chi connectivity index (χ4n) is 2.19. The van der Waals surface area contributed by atoms with Crippen LogP contribution in [0.5, 0.6) is 5.75 Å². The van der Waals surface area contributed by atoms with Crippen molar-refractivity contribution in [2.75, 3.05) is 5.32 Å². The van der Waals surface area contributed by atoms with Gasteiger partial charge in [0, 0.05) is 29.1 Å². The van der Waals surface area contributed by atoms with E-state index in [2.05, 4.69) is 16.4 Å². The van der Waals surface area contributed by atoms with Gasteiger partial charge in [-0.2, -0.15) is 5.26 Å². The Bertz CT molecular complexity index is 961. The second-order valence-corrected chi connectivity index (χ2v) is 5.59. The number of hydrogen-bond acceptors (Lipinski definition) is 4. The van der Waals surface area contributed by atoms with E-state index in [-0.39, 0.29) is 11.7 Å². The number of benzene rings is 2. The average molecular weight is 349 g/mol. The molecule has 1 aromatic heterocycles. The Balaban J connectivity index is 1.85. The van der Waals surface area contributed by atoms with Crippen LogP contribution >= 0.6 is 11.6 Å². The van der Waals surface area contributed by atoms with E-state index in [4.69, 9.17) is 16.9 Å². The van der Waals surface area contributed by atoms with Gasteiger partial charge in [-0.05, 0) is 48.5 Å². The highest BCUT2D eigenvalue weighted by Gasteiger charge is 2.11. The fraction of sp³-hybridized carbons (Fsp3) is 0. The molecule has 25 heavy (non-hydrogen) atoms. The van der Waals surface area contributed by atoms with Gasteiger partial charge in [0.25, 0.3) is 5.91 Å². The summed E-state index contributed by atoms with van der Waals surface area (Å²) in [5.41, 5.74) is 2.24. The van der Waals surface area contributed by atoms with Crippen LogP contribution in [-0.2, 0) is 0 Å². The number of carbonyl (C=O) groups excluding carboxylic acids is 1. The number of nitrogens with zero attached hydrogens (tertiary/aromatic N) is 2. The van der Waals surface area contributed by atoms with Crippen molar-refractivity contribution in [3.8, 4) is 23.1 Å². The fourth-order valence-corrected chi connectivity index (χ4v) is 2.30. The molecule has 1 amide bonds. The van der Waals surface area contributed by atoms with Crippen molar-refractivity contribution in [2.24, 2.45) is 0 Å². The Morgan fingerprint density at radius 3 is 2.64 bits per heavy atom. The number of hydrogen-bond donors (Lipinski definition) is 2. The molecule has 0 aliphatic rings. The van der Waals surface area contributed by atoms with Crippen LogP contribution in [0.15, 0.2) is 54.7 Å². The van der Waals surface area contributed by atoms with Crippen molar-refractivity contribution in [3.05, 3.63) is 76.9 Å². The summed E-state index contributed by atoms with van der Waals surface area (Å²) in [6, 6.07) is 17.3. The maximum absolute atomic E-state index is 12.3. The summed E-state index contributed by atoms with van der Waals surface area (Å²) in [6.07, 6.45) is 1.47. The second kappa shape index (κ2) is 7.04. The van der Waals surface area contributed by atoms with E-state index >= 15 is 0 Å². The quantitative estimate of drug-likeness (QED) is 0.699. The van der Waals surface area contributed by atoms with Gasteiger partial charge in [-0.15, -0.1) is 0 Å². The molecule has 0 bridgehead atoms. The van der Waals surface area contributed by atoms with Crippen LogP contribution in [-0.4, -0.2) is 16.0 Å². The third-order valence-electron chi connectivity index (χ3n) is 3.46. The number of aromatic hydroxyl groups is 1. The van der Waals surface area contributed by atoms with Gasteiger partial charge in [-0.25, -0.2) is 0 Å². The van der Waals surface area contributed by atoms with Gasteiger partial charge in [-0.3, -0.25) is 9.78 Å². The topological polar surface area (TPSA) is 86.0 Å². The summed E-state index contributed by atoms with van der Waals surface area (Å²) in [5.74, 6) is -0.354. The third kappa shape index (κ3) is 3.77. The molecule has 3 aromatic rings. The molecule has 0 saturated heterocycles. The zero-order valence-corrected chi connectivity index (χ0v) is 13.6. The van der Waals surface area contributed by atoms with Gasteiger partial charge >= 0.3 is 0 Å². The minimum atomic E-state index is -0.346. The predicted octanol–water partition coefficient (Wildman–Crippen LogP) is 4.03. The number of pyridine rings is 1. The van der Waals surface area contributed by atoms with E-state index in [0.717, 1.165) is 0 Å². The molecular weight excluding hydrogens is 338 g/mol. The maximum atomic E-state index is 12.3. The van der Waals surface area contributed by atoms with Crippen LogP contribution in [0.2, 0.25) is 5.02 Å². The number of aromatic nitrogens is 1. The van der Waals surface area contributed by atoms with Gasteiger partial charge in [0.15, 0.2) is 0 Å². The van der Waals surface area contributed by atoms with Crippen LogP contribution in [0.1, 0.15) is 15.9 Å². The van der Waals surface area contributed by atoms with Crippen LogP contribution in [0.25, 0.3) is 11.3 Å². The molecule has 121 valence electrons. The molecule has 0 unspecified atom stereocenters. The average Bonchev–Trinajstić information content (AvgIpc) is 2.64. The Morgan fingerprint density at radius 2 is 2.00 bits per heavy atom. The lowest BCUT2D eigenvalue weighted by Gasteiger charge is -2.09. The highest BCUT2D eigenvalue weighted by molar-refractivity contribution is 6.30. The Labute approximate surface area is 149 Å². The van der Waals surface area contributed by atoms with Crippen LogP contribution < -0.4 is 5.32 Å². The molecule has 0 saturated carbocycles. The zero-order valence-electron chi connectivity index (χ0n) is 12.8. The van der Waals surface area contributed by atoms with Crippen molar-refractivity contribution in [2.45, 2.75) is 0 Å². The van der Waals surface area contributed by atoms with E-state index in [9.17, 15) is 9.90 Å². The summed E-state index contributed by atoms with van der Waals surface area (Å²) >= 11 is 5.82. The van der Waals surface area contributed by atoms with E-state index in [1.54, 1.807) is 42.5 Å². The lowest BCUT2D eigenvalue weighted by molar-refractivity contribution is 0.102. The van der Waals surface area contributed by atoms with E-state index in [1.165, 1.54) is 12.3 Å². The number of carbonyl (C=O) groups is 1. The molecule has 2 aromatic carbocycles. The highest BCUT2D eigenvalue weighted by Crippen LogP contribution is 2.30. The molecule has 5 nitrogen and oxygen atoms in total.